The van der Waals surface area contributed by atoms with E-state index in [1.807, 2.05) is 0 Å². The zero-order valence-electron chi connectivity index (χ0n) is 6.50. The molecule has 0 radical (unpaired) electrons. The molecule has 0 aliphatic rings. The first-order valence-corrected chi connectivity index (χ1v) is 3.38. The van der Waals surface area contributed by atoms with Crippen molar-refractivity contribution >= 4 is 0 Å². The third-order valence-corrected chi connectivity index (χ3v) is 1.38. The van der Waals surface area contributed by atoms with Gasteiger partial charge in [-0.3, -0.25) is 0 Å². The Morgan fingerprint density at radius 3 is 2.62 bits per heavy atom. The number of rotatable bonds is 0. The van der Waals surface area contributed by atoms with Gasteiger partial charge in [-0.2, -0.15) is 10.5 Å². The van der Waals surface area contributed by atoms with Gasteiger partial charge in [-0.25, -0.2) is 4.39 Å². The predicted molar refractivity (Wildman–Crippen MR) is 43.6 cm³/mol. The van der Waals surface area contributed by atoms with Crippen LogP contribution in [0.4, 0.5) is 4.39 Å². The molecule has 0 saturated carbocycles. The van der Waals surface area contributed by atoms with Crippen molar-refractivity contribution in [2.24, 2.45) is 0 Å². The molecule has 13 heavy (non-hydrogen) atoms. The summed E-state index contributed by atoms with van der Waals surface area (Å²) >= 11 is 0. The zero-order valence-corrected chi connectivity index (χ0v) is 6.50. The van der Waals surface area contributed by atoms with Crippen molar-refractivity contribution in [2.45, 2.75) is 0 Å². The van der Waals surface area contributed by atoms with E-state index >= 15 is 0 Å². The lowest BCUT2D eigenvalue weighted by atomic mass is 10.1. The first kappa shape index (κ1) is 8.78. The largest absolute Gasteiger partial charge is 0.205 e. The topological polar surface area (TPSA) is 47.6 Å². The van der Waals surface area contributed by atoms with E-state index in [1.54, 1.807) is 12.1 Å². The molecule has 60 valence electrons. The minimum Gasteiger partial charge on any atom is -0.205 e. The summed E-state index contributed by atoms with van der Waals surface area (Å²) in [6.45, 7) is 0. The van der Waals surface area contributed by atoms with Gasteiger partial charge >= 0.3 is 0 Å². The molecule has 0 bridgehead atoms. The molecule has 0 saturated heterocycles. The van der Waals surface area contributed by atoms with E-state index in [0.29, 0.717) is 0 Å². The highest BCUT2D eigenvalue weighted by molar-refractivity contribution is 5.49. The van der Waals surface area contributed by atoms with Gasteiger partial charge in [-0.15, -0.1) is 0 Å². The van der Waals surface area contributed by atoms with Crippen LogP contribution in [-0.2, 0) is 0 Å². The van der Waals surface area contributed by atoms with E-state index in [0.717, 1.165) is 0 Å². The first-order chi connectivity index (χ1) is 6.29. The fourth-order valence-electron chi connectivity index (χ4n) is 0.837. The van der Waals surface area contributed by atoms with Crippen LogP contribution >= 0.6 is 0 Å². The van der Waals surface area contributed by atoms with Crippen molar-refractivity contribution in [3.8, 4) is 24.0 Å². The molecule has 1 rings (SSSR count). The molecular formula is C10H3FN2. The Balaban J connectivity index is 3.33. The standard InChI is InChI=1S/C10H3FN2/c11-10-5-1-3-8(4-2-6-12)9(10)7-13/h1,3,5H. The highest BCUT2D eigenvalue weighted by atomic mass is 19.1. The van der Waals surface area contributed by atoms with Crippen LogP contribution in [0.15, 0.2) is 18.2 Å². The monoisotopic (exact) mass is 170 g/mol. The average Bonchev–Trinajstić information content (AvgIpc) is 2.15. The molecule has 1 aromatic rings. The minimum atomic E-state index is -0.618. The Morgan fingerprint density at radius 1 is 1.23 bits per heavy atom. The van der Waals surface area contributed by atoms with Crippen LogP contribution in [0.2, 0.25) is 0 Å². The molecule has 0 amide bonds. The maximum absolute atomic E-state index is 12.9. The Labute approximate surface area is 74.8 Å². The van der Waals surface area contributed by atoms with Crippen molar-refractivity contribution in [3.05, 3.63) is 35.1 Å². The van der Waals surface area contributed by atoms with Crippen LogP contribution in [0.1, 0.15) is 11.1 Å². The number of hydrogen-bond donors (Lipinski definition) is 0. The fourth-order valence-corrected chi connectivity index (χ4v) is 0.837. The molecule has 3 heteroatoms. The smallest absolute Gasteiger partial charge is 0.152 e. The Morgan fingerprint density at radius 2 is 2.00 bits per heavy atom. The highest BCUT2D eigenvalue weighted by Gasteiger charge is 2.04. The van der Waals surface area contributed by atoms with Crippen LogP contribution in [0.3, 0.4) is 0 Å². The highest BCUT2D eigenvalue weighted by Crippen LogP contribution is 2.10. The summed E-state index contributed by atoms with van der Waals surface area (Å²) in [5.41, 5.74) is 0.120. The predicted octanol–water partition coefficient (Wildman–Crippen LogP) is 1.57. The Bertz CT molecular complexity index is 466. The molecule has 0 aliphatic heterocycles. The van der Waals surface area contributed by atoms with Gasteiger partial charge in [0.05, 0.1) is 0 Å². The summed E-state index contributed by atoms with van der Waals surface area (Å²) in [5.74, 6) is 3.87. The van der Waals surface area contributed by atoms with Gasteiger partial charge in [-0.1, -0.05) is 6.07 Å². The van der Waals surface area contributed by atoms with E-state index in [9.17, 15) is 4.39 Å². The number of halogens is 1. The Hall–Kier alpha value is -2.31. The number of hydrogen-bond acceptors (Lipinski definition) is 2. The number of nitrogens with zero attached hydrogens (tertiary/aromatic N) is 2. The summed E-state index contributed by atoms with van der Waals surface area (Å²) in [6, 6.07) is 7.39. The average molecular weight is 170 g/mol. The third kappa shape index (κ3) is 1.83. The third-order valence-electron chi connectivity index (χ3n) is 1.38. The Kier molecular flexibility index (Phi) is 2.64. The molecule has 0 spiro atoms. The van der Waals surface area contributed by atoms with Gasteiger partial charge < -0.3 is 0 Å². The normalized spacial score (nSPS) is 7.62. The quantitative estimate of drug-likeness (QED) is 0.555. The maximum atomic E-state index is 12.9. The van der Waals surface area contributed by atoms with Crippen molar-refractivity contribution in [1.29, 1.82) is 10.5 Å². The van der Waals surface area contributed by atoms with Gasteiger partial charge in [0.25, 0.3) is 0 Å². The molecule has 0 atom stereocenters. The molecule has 0 aromatic heterocycles. The molecule has 0 aliphatic carbocycles. The van der Waals surface area contributed by atoms with Crippen molar-refractivity contribution in [3.63, 3.8) is 0 Å². The summed E-state index contributed by atoms with van der Waals surface area (Å²) in [7, 11) is 0. The molecule has 0 heterocycles. The van der Waals surface area contributed by atoms with E-state index in [1.165, 1.54) is 18.2 Å². The SMILES string of the molecule is N#CC#Cc1cccc(F)c1C#N. The number of benzene rings is 1. The van der Waals surface area contributed by atoms with E-state index in [2.05, 4.69) is 11.8 Å². The summed E-state index contributed by atoms with van der Waals surface area (Å²) < 4.78 is 12.9. The van der Waals surface area contributed by atoms with Crippen LogP contribution in [0.5, 0.6) is 0 Å². The summed E-state index contributed by atoms with van der Waals surface area (Å²) in [5, 5.41) is 16.7. The summed E-state index contributed by atoms with van der Waals surface area (Å²) in [6.07, 6.45) is 0. The van der Waals surface area contributed by atoms with E-state index in [-0.39, 0.29) is 11.1 Å². The zero-order chi connectivity index (χ0) is 9.68. The van der Waals surface area contributed by atoms with Gasteiger partial charge in [-0.05, 0) is 18.1 Å². The molecule has 1 aromatic carbocycles. The van der Waals surface area contributed by atoms with Crippen molar-refractivity contribution in [1.82, 2.24) is 0 Å². The van der Waals surface area contributed by atoms with Crippen molar-refractivity contribution in [2.75, 3.05) is 0 Å². The van der Waals surface area contributed by atoms with E-state index < -0.39 is 5.82 Å². The van der Waals surface area contributed by atoms with Gasteiger partial charge in [0.1, 0.15) is 17.4 Å². The lowest BCUT2D eigenvalue weighted by molar-refractivity contribution is 0.623. The molecule has 0 N–H and O–H groups in total. The van der Waals surface area contributed by atoms with Gasteiger partial charge in [0.2, 0.25) is 0 Å². The van der Waals surface area contributed by atoms with Crippen LogP contribution < -0.4 is 0 Å². The first-order valence-electron chi connectivity index (χ1n) is 3.38. The van der Waals surface area contributed by atoms with Crippen molar-refractivity contribution < 1.29 is 4.39 Å². The van der Waals surface area contributed by atoms with Crippen LogP contribution in [0.25, 0.3) is 0 Å². The molecule has 0 fully saturated rings. The second-order valence-corrected chi connectivity index (χ2v) is 2.14. The summed E-state index contributed by atoms with van der Waals surface area (Å²) in [4.78, 5) is 0. The second kappa shape index (κ2) is 3.90. The minimum absolute atomic E-state index is 0.120. The fraction of sp³-hybridized carbons (Fsp3) is 0. The van der Waals surface area contributed by atoms with Crippen LogP contribution in [-0.4, -0.2) is 0 Å². The molecular weight excluding hydrogens is 167 g/mol. The van der Waals surface area contributed by atoms with Gasteiger partial charge in [0.15, 0.2) is 6.07 Å². The maximum Gasteiger partial charge on any atom is 0.152 e. The molecule has 0 unspecified atom stereocenters. The number of nitriles is 2. The molecule has 2 nitrogen and oxygen atoms in total. The van der Waals surface area contributed by atoms with E-state index in [4.69, 9.17) is 10.5 Å². The lowest BCUT2D eigenvalue weighted by Gasteiger charge is -1.94. The van der Waals surface area contributed by atoms with Gasteiger partial charge in [0, 0.05) is 11.5 Å². The second-order valence-electron chi connectivity index (χ2n) is 2.14. The lowest BCUT2D eigenvalue weighted by Crippen LogP contribution is -1.88. The van der Waals surface area contributed by atoms with Crippen LogP contribution in [0, 0.1) is 40.3 Å².